The van der Waals surface area contributed by atoms with Gasteiger partial charge in [0.25, 0.3) is 0 Å². The number of rotatable bonds is 7. The van der Waals surface area contributed by atoms with Gasteiger partial charge >= 0.3 is 6.03 Å². The molecule has 2 aromatic rings. The van der Waals surface area contributed by atoms with E-state index in [1.54, 1.807) is 6.07 Å². The van der Waals surface area contributed by atoms with Gasteiger partial charge in [-0.05, 0) is 69.6 Å². The third-order valence-electron chi connectivity index (χ3n) is 10.8. The first-order valence-electron chi connectivity index (χ1n) is 18.4. The quantitative estimate of drug-likeness (QED) is 0.340. The minimum absolute atomic E-state index is 0. The summed E-state index contributed by atoms with van der Waals surface area (Å²) in [7, 11) is 0. The van der Waals surface area contributed by atoms with Crippen molar-refractivity contribution in [3.05, 3.63) is 59.4 Å². The minimum Gasteiger partial charge on any atom is -0.366 e. The van der Waals surface area contributed by atoms with E-state index in [0.29, 0.717) is 57.8 Å². The van der Waals surface area contributed by atoms with E-state index in [9.17, 15) is 14.4 Å². The zero-order valence-electron chi connectivity index (χ0n) is 30.7. The van der Waals surface area contributed by atoms with E-state index in [1.165, 1.54) is 17.8 Å². The zero-order valence-corrected chi connectivity index (χ0v) is 31.5. The van der Waals surface area contributed by atoms with Crippen LogP contribution < -0.4 is 10.2 Å². The lowest BCUT2D eigenvalue weighted by molar-refractivity contribution is -0.137. The Morgan fingerprint density at radius 1 is 0.920 bits per heavy atom. The molecule has 4 heterocycles. The van der Waals surface area contributed by atoms with Gasteiger partial charge < -0.3 is 24.9 Å². The fraction of sp³-hybridized carbons (Fsp3) is 0.615. The van der Waals surface area contributed by atoms with Gasteiger partial charge in [-0.25, -0.2) is 9.18 Å². The first-order valence-corrected chi connectivity index (χ1v) is 19.3. The number of fused-ring (bicyclic) bond motifs is 1. The van der Waals surface area contributed by atoms with Gasteiger partial charge in [0.2, 0.25) is 11.8 Å². The zero-order chi connectivity index (χ0) is 35.8. The number of likely N-dealkylation sites (tertiary alicyclic amines) is 1. The Morgan fingerprint density at radius 2 is 1.62 bits per heavy atom. The van der Waals surface area contributed by atoms with Crippen LogP contribution in [-0.4, -0.2) is 107 Å². The van der Waals surface area contributed by atoms with E-state index < -0.39 is 5.25 Å². The Hall–Kier alpha value is -3.31. The molecule has 6 rings (SSSR count). The molecule has 4 amide bonds. The number of thioether (sulfide) groups is 1. The highest BCUT2D eigenvalue weighted by Crippen LogP contribution is 2.48. The number of carbonyl (C=O) groups is 3. The summed E-state index contributed by atoms with van der Waals surface area (Å²) in [5.41, 5.74) is 3.46. The van der Waals surface area contributed by atoms with Crippen molar-refractivity contribution in [2.75, 3.05) is 62.6 Å². The molecule has 0 radical (unpaired) electrons. The van der Waals surface area contributed by atoms with E-state index in [4.69, 9.17) is 0 Å². The minimum atomic E-state index is -0.533. The number of piperazine rings is 1. The second-order valence-corrected chi connectivity index (χ2v) is 17.8. The van der Waals surface area contributed by atoms with Gasteiger partial charge in [0, 0.05) is 83.0 Å². The predicted molar refractivity (Wildman–Crippen MR) is 202 cm³/mol. The number of amides is 4. The number of urea groups is 1. The lowest BCUT2D eigenvalue weighted by Gasteiger charge is -2.43. The monoisotopic (exact) mass is 708 g/mol. The molecule has 9 nitrogen and oxygen atoms in total. The van der Waals surface area contributed by atoms with Crippen LogP contribution in [0.15, 0.2) is 42.5 Å². The number of anilines is 2. The maximum Gasteiger partial charge on any atom is 0.322 e. The highest BCUT2D eigenvalue weighted by molar-refractivity contribution is 8.01. The van der Waals surface area contributed by atoms with Gasteiger partial charge in [-0.15, -0.1) is 11.8 Å². The van der Waals surface area contributed by atoms with Gasteiger partial charge in [-0.3, -0.25) is 14.5 Å². The smallest absolute Gasteiger partial charge is 0.322 e. The number of nitrogens with one attached hydrogen (secondary N) is 1. The van der Waals surface area contributed by atoms with Crippen molar-refractivity contribution in [3.63, 3.8) is 0 Å². The Kier molecular flexibility index (Phi) is 10.8. The first kappa shape index (κ1) is 36.5. The molecule has 0 saturated carbocycles. The summed E-state index contributed by atoms with van der Waals surface area (Å²) < 4.78 is 15.8. The van der Waals surface area contributed by atoms with Crippen molar-refractivity contribution in [3.8, 4) is 0 Å². The molecule has 0 aliphatic carbocycles. The SMILES string of the molecule is CC(C)(C)CCN1C(=O)[C@H](CC(=O)N2CCC(N3CCc4ccccc4NC3=O)CC2)SC1c1cccc(F)c1N1CCN(C(C)(C)C)CC1.[HH]. The Morgan fingerprint density at radius 3 is 2.30 bits per heavy atom. The molecule has 1 unspecified atom stereocenters. The van der Waals surface area contributed by atoms with Gasteiger partial charge in [0.15, 0.2) is 0 Å². The van der Waals surface area contributed by atoms with Crippen molar-refractivity contribution >= 4 is 41.0 Å². The number of nitrogens with zero attached hydrogens (tertiary/aromatic N) is 5. The van der Waals surface area contributed by atoms with Crippen LogP contribution in [0.1, 0.15) is 85.2 Å². The van der Waals surface area contributed by atoms with E-state index in [2.05, 4.69) is 62.7 Å². The molecule has 0 spiro atoms. The Labute approximate surface area is 303 Å². The molecule has 0 aromatic heterocycles. The molecule has 4 aliphatic rings. The lowest BCUT2D eigenvalue weighted by atomic mass is 9.92. The third kappa shape index (κ3) is 8.09. The molecule has 3 fully saturated rings. The second kappa shape index (κ2) is 14.7. The number of carbonyl (C=O) groups excluding carboxylic acids is 3. The number of piperidine rings is 1. The number of benzene rings is 2. The third-order valence-corrected chi connectivity index (χ3v) is 12.3. The maximum atomic E-state index is 15.8. The Balaban J connectivity index is 0.00000504. The lowest BCUT2D eigenvalue weighted by Crippen LogP contribution is -2.53. The standard InChI is InChI=1S/C39H55FN6O3S.H2/c1-38(2,3)17-21-46-35(48)32(50-36(46)29-11-9-12-30(40)34(29)43-22-24-44(25-23-43)39(4,5)6)26-33(47)42-18-15-28(16-19-42)45-20-14-27-10-7-8-13-31(27)41-37(45)49;/h7-13,28,32,36H,14-26H2,1-6H3,(H,41,49);1H/t32-,36?;/m0./s1. The van der Waals surface area contributed by atoms with Gasteiger partial charge in [-0.1, -0.05) is 51.1 Å². The molecule has 2 aromatic carbocycles. The van der Waals surface area contributed by atoms with E-state index in [1.807, 2.05) is 39.0 Å². The fourth-order valence-corrected chi connectivity index (χ4v) is 9.26. The van der Waals surface area contributed by atoms with Crippen molar-refractivity contribution in [1.82, 2.24) is 19.6 Å². The van der Waals surface area contributed by atoms with Crippen LogP contribution in [0.4, 0.5) is 20.6 Å². The van der Waals surface area contributed by atoms with Gasteiger partial charge in [-0.2, -0.15) is 0 Å². The molecule has 0 bridgehead atoms. The normalized spacial score (nSPS) is 22.9. The van der Waals surface area contributed by atoms with Crippen LogP contribution in [0.2, 0.25) is 0 Å². The molecule has 4 aliphatic heterocycles. The number of hydrogen-bond donors (Lipinski definition) is 1. The van der Waals surface area contributed by atoms with Crippen LogP contribution in [-0.2, 0) is 16.0 Å². The highest BCUT2D eigenvalue weighted by Gasteiger charge is 2.45. The van der Waals surface area contributed by atoms with Crippen molar-refractivity contribution in [2.24, 2.45) is 5.41 Å². The topological polar surface area (TPSA) is 79.4 Å². The van der Waals surface area contributed by atoms with Gasteiger partial charge in [0.05, 0.1) is 10.9 Å². The average molecular weight is 709 g/mol. The fourth-order valence-electron chi connectivity index (χ4n) is 7.77. The van der Waals surface area contributed by atoms with Crippen LogP contribution in [0, 0.1) is 11.2 Å². The summed E-state index contributed by atoms with van der Waals surface area (Å²) in [5.74, 6) is -0.336. The summed E-state index contributed by atoms with van der Waals surface area (Å²) in [6.07, 6.45) is 3.12. The summed E-state index contributed by atoms with van der Waals surface area (Å²) >= 11 is 1.50. The molecular formula is C39H57FN6O3S. The molecule has 274 valence electrons. The van der Waals surface area contributed by atoms with Crippen molar-refractivity contribution in [2.45, 2.75) is 95.9 Å². The molecule has 1 N–H and O–H groups in total. The van der Waals surface area contributed by atoms with Crippen LogP contribution in [0.5, 0.6) is 0 Å². The summed E-state index contributed by atoms with van der Waals surface area (Å²) in [6.45, 7) is 18.5. The van der Waals surface area contributed by atoms with Gasteiger partial charge in [0.1, 0.15) is 11.2 Å². The molecule has 3 saturated heterocycles. The summed E-state index contributed by atoms with van der Waals surface area (Å²) in [4.78, 5) is 51.3. The molecule has 2 atom stereocenters. The first-order chi connectivity index (χ1) is 23.7. The second-order valence-electron chi connectivity index (χ2n) is 16.5. The summed E-state index contributed by atoms with van der Waals surface area (Å²) in [5, 5.41) is 2.16. The largest absolute Gasteiger partial charge is 0.366 e. The highest BCUT2D eigenvalue weighted by atomic mass is 32.2. The van der Waals surface area contributed by atoms with E-state index in [0.717, 1.165) is 42.7 Å². The summed E-state index contributed by atoms with van der Waals surface area (Å²) in [6, 6.07) is 13.1. The van der Waals surface area contributed by atoms with Crippen LogP contribution in [0.3, 0.4) is 0 Å². The maximum absolute atomic E-state index is 15.8. The predicted octanol–water partition coefficient (Wildman–Crippen LogP) is 6.84. The van der Waals surface area contributed by atoms with Crippen LogP contribution >= 0.6 is 11.8 Å². The van der Waals surface area contributed by atoms with E-state index >= 15 is 4.39 Å². The molecular weight excluding hydrogens is 652 g/mol. The average Bonchev–Trinajstić information content (AvgIpc) is 3.26. The number of para-hydroxylation sites is 2. The van der Waals surface area contributed by atoms with Crippen molar-refractivity contribution < 1.29 is 20.2 Å². The van der Waals surface area contributed by atoms with Crippen LogP contribution in [0.25, 0.3) is 0 Å². The van der Waals surface area contributed by atoms with E-state index in [-0.39, 0.29) is 53.9 Å². The number of hydrogen-bond acceptors (Lipinski definition) is 6. The Bertz CT molecular complexity index is 1560. The number of halogens is 1. The molecule has 11 heteroatoms. The molecule has 50 heavy (non-hydrogen) atoms. The van der Waals surface area contributed by atoms with Crippen molar-refractivity contribution in [1.29, 1.82) is 0 Å².